The van der Waals surface area contributed by atoms with E-state index in [2.05, 4.69) is 11.2 Å². The predicted molar refractivity (Wildman–Crippen MR) is 114 cm³/mol. The molecule has 7 nitrogen and oxygen atoms in total. The van der Waals surface area contributed by atoms with Crippen LogP contribution in [0.3, 0.4) is 0 Å². The van der Waals surface area contributed by atoms with Crippen molar-refractivity contribution in [2.24, 2.45) is 4.99 Å². The smallest absolute Gasteiger partial charge is 0.227 e. The summed E-state index contributed by atoms with van der Waals surface area (Å²) in [6, 6.07) is 5.10. The Balaban J connectivity index is 1.45. The second kappa shape index (κ2) is 10.5. The Morgan fingerprint density at radius 3 is 2.90 bits per heavy atom. The number of aromatic hydroxyl groups is 1. The van der Waals surface area contributed by atoms with E-state index in [9.17, 15) is 20.1 Å². The van der Waals surface area contributed by atoms with Crippen LogP contribution in [0.2, 0.25) is 0 Å². The number of Topliss-reactive ketones (excluding diaryl/α,β-unsaturated/α-hetero) is 1. The highest BCUT2D eigenvalue weighted by molar-refractivity contribution is 6.06. The molecule has 0 bridgehead atoms. The Bertz CT molecular complexity index is 846. The van der Waals surface area contributed by atoms with Crippen molar-refractivity contribution in [2.45, 2.75) is 57.7 Å². The number of benzene rings is 1. The molecule has 2 heterocycles. The SMILES string of the molecule is CCC[C@H](O)C[C@@H](O)CC(=O)CCc1ccc(O)c(OC[NH+]2C=C3C=CN=C3C2)c1. The molecule has 0 saturated carbocycles. The summed E-state index contributed by atoms with van der Waals surface area (Å²) >= 11 is 0. The van der Waals surface area contributed by atoms with Crippen LogP contribution in [0.25, 0.3) is 0 Å². The number of hydrogen-bond acceptors (Lipinski definition) is 6. The first-order valence-corrected chi connectivity index (χ1v) is 10.6. The molecule has 3 rings (SSSR count). The summed E-state index contributed by atoms with van der Waals surface area (Å²) in [6.07, 6.45) is 6.99. The van der Waals surface area contributed by atoms with Crippen molar-refractivity contribution in [3.8, 4) is 11.5 Å². The number of quaternary nitrogens is 1. The molecule has 0 amide bonds. The van der Waals surface area contributed by atoms with E-state index in [-0.39, 0.29) is 24.4 Å². The van der Waals surface area contributed by atoms with Crippen LogP contribution in [-0.2, 0) is 11.2 Å². The fraction of sp³-hybridized carbons (Fsp3) is 0.478. The van der Waals surface area contributed by atoms with Crippen LogP contribution in [0.5, 0.6) is 11.5 Å². The van der Waals surface area contributed by atoms with Crippen LogP contribution in [0, 0.1) is 0 Å². The van der Waals surface area contributed by atoms with E-state index < -0.39 is 12.2 Å². The fourth-order valence-electron chi connectivity index (χ4n) is 3.73. The quantitative estimate of drug-likeness (QED) is 0.412. The highest BCUT2D eigenvalue weighted by Gasteiger charge is 2.25. The van der Waals surface area contributed by atoms with Gasteiger partial charge in [-0.2, -0.15) is 0 Å². The van der Waals surface area contributed by atoms with Gasteiger partial charge in [0.25, 0.3) is 0 Å². The Labute approximate surface area is 177 Å². The van der Waals surface area contributed by atoms with Gasteiger partial charge in [-0.3, -0.25) is 14.7 Å². The maximum Gasteiger partial charge on any atom is 0.227 e. The predicted octanol–water partition coefficient (Wildman–Crippen LogP) is 1.28. The van der Waals surface area contributed by atoms with Gasteiger partial charge in [0, 0.05) is 19.0 Å². The lowest BCUT2D eigenvalue weighted by molar-refractivity contribution is -0.851. The molecule has 1 aromatic carbocycles. The number of phenolic OH excluding ortho intramolecular Hbond substituents is 1. The third kappa shape index (κ3) is 6.26. The molecule has 0 radical (unpaired) electrons. The Morgan fingerprint density at radius 1 is 1.30 bits per heavy atom. The lowest BCUT2D eigenvalue weighted by atomic mass is 10.00. The average Bonchev–Trinajstić information content (AvgIpc) is 3.28. The van der Waals surface area contributed by atoms with Crippen LogP contribution < -0.4 is 9.64 Å². The molecule has 0 aromatic heterocycles. The summed E-state index contributed by atoms with van der Waals surface area (Å²) in [7, 11) is 0. The highest BCUT2D eigenvalue weighted by atomic mass is 16.5. The molecule has 0 saturated heterocycles. The van der Waals surface area contributed by atoms with Gasteiger partial charge in [-0.15, -0.1) is 0 Å². The van der Waals surface area contributed by atoms with Gasteiger partial charge in [-0.1, -0.05) is 19.4 Å². The Kier molecular flexibility index (Phi) is 7.79. The van der Waals surface area contributed by atoms with Crippen LogP contribution >= 0.6 is 0 Å². The largest absolute Gasteiger partial charge is 0.504 e. The molecular formula is C23H31N2O5+. The van der Waals surface area contributed by atoms with Gasteiger partial charge in [0.15, 0.2) is 11.5 Å². The van der Waals surface area contributed by atoms with Gasteiger partial charge >= 0.3 is 0 Å². The van der Waals surface area contributed by atoms with Crippen LogP contribution in [0.1, 0.15) is 44.6 Å². The van der Waals surface area contributed by atoms with E-state index in [1.54, 1.807) is 24.4 Å². The molecule has 2 aliphatic rings. The van der Waals surface area contributed by atoms with Gasteiger partial charge in [-0.05, 0) is 43.0 Å². The van der Waals surface area contributed by atoms with Crippen LogP contribution in [0.15, 0.2) is 47.2 Å². The molecular weight excluding hydrogens is 384 g/mol. The molecule has 1 aromatic rings. The summed E-state index contributed by atoms with van der Waals surface area (Å²) in [4.78, 5) is 17.6. The number of aliphatic imine (C=N–C) groups is 1. The minimum atomic E-state index is -0.811. The number of fused-ring (bicyclic) bond motifs is 1. The zero-order valence-corrected chi connectivity index (χ0v) is 17.4. The van der Waals surface area contributed by atoms with E-state index in [4.69, 9.17) is 4.74 Å². The van der Waals surface area contributed by atoms with Crippen molar-refractivity contribution in [1.82, 2.24) is 0 Å². The molecule has 0 fully saturated rings. The Morgan fingerprint density at radius 2 is 2.13 bits per heavy atom. The normalized spacial score (nSPS) is 19.2. The number of rotatable bonds is 12. The first-order valence-electron chi connectivity index (χ1n) is 10.6. The van der Waals surface area contributed by atoms with Gasteiger partial charge < -0.3 is 20.1 Å². The lowest BCUT2D eigenvalue weighted by Crippen LogP contribution is -3.07. The second-order valence-electron chi connectivity index (χ2n) is 7.99. The number of carbonyl (C=O) groups is 1. The molecule has 30 heavy (non-hydrogen) atoms. The topological polar surface area (TPSA) is 104 Å². The monoisotopic (exact) mass is 415 g/mol. The summed E-state index contributed by atoms with van der Waals surface area (Å²) < 4.78 is 5.80. The molecule has 1 unspecified atom stereocenters. The van der Waals surface area contributed by atoms with Crippen molar-refractivity contribution in [3.05, 3.63) is 47.8 Å². The molecule has 0 aliphatic carbocycles. The summed E-state index contributed by atoms with van der Waals surface area (Å²) in [5, 5.41) is 29.8. The van der Waals surface area contributed by atoms with E-state index in [0.29, 0.717) is 31.7 Å². The molecule has 2 aliphatic heterocycles. The first-order chi connectivity index (χ1) is 14.4. The molecule has 7 heteroatoms. The van der Waals surface area contributed by atoms with Gasteiger partial charge in [0.2, 0.25) is 6.73 Å². The number of phenols is 1. The molecule has 162 valence electrons. The van der Waals surface area contributed by atoms with E-state index in [1.165, 1.54) is 0 Å². The van der Waals surface area contributed by atoms with Crippen molar-refractivity contribution in [1.29, 1.82) is 0 Å². The number of aliphatic hydroxyl groups is 2. The van der Waals surface area contributed by atoms with Gasteiger partial charge in [0.05, 0.1) is 17.8 Å². The zero-order valence-electron chi connectivity index (χ0n) is 17.4. The van der Waals surface area contributed by atoms with E-state index in [0.717, 1.165) is 34.7 Å². The fourth-order valence-corrected chi connectivity index (χ4v) is 3.73. The number of hydrogen-bond donors (Lipinski definition) is 4. The van der Waals surface area contributed by atoms with Crippen LogP contribution in [0.4, 0.5) is 0 Å². The van der Waals surface area contributed by atoms with Crippen LogP contribution in [-0.4, -0.2) is 52.3 Å². The number of nitrogens with zero attached hydrogens (tertiary/aromatic N) is 1. The van der Waals surface area contributed by atoms with Gasteiger partial charge in [0.1, 0.15) is 24.2 Å². The maximum atomic E-state index is 12.2. The van der Waals surface area contributed by atoms with Crippen molar-refractivity contribution in [2.75, 3.05) is 13.3 Å². The number of carbonyl (C=O) groups excluding carboxylic acids is 1. The minimum absolute atomic E-state index is 0.0461. The number of nitrogens with one attached hydrogen (secondary N) is 1. The maximum absolute atomic E-state index is 12.2. The summed E-state index contributed by atoms with van der Waals surface area (Å²) in [5.74, 6) is 0.410. The van der Waals surface area contributed by atoms with Gasteiger partial charge in [-0.25, -0.2) is 0 Å². The first kappa shape index (κ1) is 22.2. The van der Waals surface area contributed by atoms with Crippen molar-refractivity contribution in [3.63, 3.8) is 0 Å². The number of ketones is 1. The third-order valence-corrected chi connectivity index (χ3v) is 5.33. The number of aryl methyl sites for hydroxylation is 1. The lowest BCUT2D eigenvalue weighted by Gasteiger charge is -2.15. The molecule has 3 atom stereocenters. The average molecular weight is 416 g/mol. The molecule has 4 N–H and O–H groups in total. The summed E-state index contributed by atoms with van der Waals surface area (Å²) in [6.45, 7) is 3.10. The standard InChI is InChI=1S/C23H30N2O5/c1-2-3-18(26)11-20(28)12-19(27)6-4-16-5-7-22(29)23(10-16)30-15-25-13-17-8-9-24-21(17)14-25/h5,7-10,13,18,20,26,28-29H,2-4,6,11-12,14-15H2,1H3/p+1/t18-,20+/m0/s1. The zero-order chi connectivity index (χ0) is 21.5. The number of ether oxygens (including phenoxy) is 1. The number of allylic oxidation sites excluding steroid dienone is 1. The van der Waals surface area contributed by atoms with E-state index >= 15 is 0 Å². The van der Waals surface area contributed by atoms with E-state index in [1.807, 2.05) is 13.0 Å². The third-order valence-electron chi connectivity index (χ3n) is 5.33. The Hall–Kier alpha value is -2.48. The number of aliphatic hydroxyl groups excluding tert-OH is 2. The van der Waals surface area contributed by atoms with Crippen molar-refractivity contribution < 1.29 is 29.8 Å². The van der Waals surface area contributed by atoms with Crippen molar-refractivity contribution >= 4 is 11.5 Å². The minimum Gasteiger partial charge on any atom is -0.504 e. The summed E-state index contributed by atoms with van der Waals surface area (Å²) in [5.41, 5.74) is 3.06. The highest BCUT2D eigenvalue weighted by Crippen LogP contribution is 2.27. The molecule has 0 spiro atoms. The second-order valence-corrected chi connectivity index (χ2v) is 7.99.